The van der Waals surface area contributed by atoms with E-state index in [4.69, 9.17) is 0 Å². The summed E-state index contributed by atoms with van der Waals surface area (Å²) in [6.45, 7) is 7.50. The topological polar surface area (TPSA) is 60.5 Å². The van der Waals surface area contributed by atoms with Crippen molar-refractivity contribution in [2.45, 2.75) is 70.5 Å². The molecule has 2 fully saturated rings. The van der Waals surface area contributed by atoms with Crippen LogP contribution in [-0.2, 0) is 14.8 Å². The Balaban J connectivity index is 2.26. The normalized spacial score (nSPS) is 29.1. The summed E-state index contributed by atoms with van der Waals surface area (Å²) >= 11 is 0. The molecule has 2 saturated heterocycles. The minimum Gasteiger partial charge on any atom is -0.279 e. The quantitative estimate of drug-likeness (QED) is 0.665. The first kappa shape index (κ1) is 13.5. The summed E-state index contributed by atoms with van der Waals surface area (Å²) < 4.78 is 0. The largest absolute Gasteiger partial charge is 0.279 e. The lowest BCUT2D eigenvalue weighted by atomic mass is 9.78. The predicted octanol–water partition coefficient (Wildman–Crippen LogP) is 1.50. The van der Waals surface area contributed by atoms with E-state index in [1.807, 2.05) is 27.7 Å². The van der Waals surface area contributed by atoms with E-state index in [-0.39, 0.29) is 17.9 Å². The van der Waals surface area contributed by atoms with Crippen molar-refractivity contribution in [2.24, 2.45) is 0 Å². The van der Waals surface area contributed by atoms with Crippen LogP contribution in [0.5, 0.6) is 0 Å². The Morgan fingerprint density at radius 2 is 1.33 bits per heavy atom. The fourth-order valence-electron chi connectivity index (χ4n) is 3.39. The van der Waals surface area contributed by atoms with Crippen molar-refractivity contribution in [3.8, 4) is 0 Å². The smallest absolute Gasteiger partial charge is 0.229 e. The van der Waals surface area contributed by atoms with Gasteiger partial charge in [0.25, 0.3) is 0 Å². The Hall–Kier alpha value is -0.940. The van der Waals surface area contributed by atoms with E-state index >= 15 is 0 Å². The Kier molecular flexibility index (Phi) is 3.02. The molecule has 0 atom stereocenters. The summed E-state index contributed by atoms with van der Waals surface area (Å²) in [7, 11) is 0. The van der Waals surface area contributed by atoms with Crippen molar-refractivity contribution in [3.05, 3.63) is 0 Å². The highest BCUT2D eigenvalue weighted by molar-refractivity contribution is 6.02. The molecule has 101 valence electrons. The van der Waals surface area contributed by atoms with E-state index in [9.17, 15) is 14.8 Å². The maximum absolute atomic E-state index is 12.2. The third kappa shape index (κ3) is 2.06. The zero-order valence-electron chi connectivity index (χ0n) is 11.5. The standard InChI is InChI=1S/C13H21N2O3/c1-12(2)7-9(8-13(3,4)15(12)18)14-10(16)5-6-11(14)17/h9H,5-8H2,1-4H3. The molecule has 0 unspecified atom stereocenters. The number of carbonyl (C=O) groups excluding carboxylic acids is 2. The minimum atomic E-state index is -0.546. The summed E-state index contributed by atoms with van der Waals surface area (Å²) in [5, 5.41) is 13.3. The number of imide groups is 1. The van der Waals surface area contributed by atoms with Crippen molar-refractivity contribution < 1.29 is 14.8 Å². The fraction of sp³-hybridized carbons (Fsp3) is 0.846. The average molecular weight is 253 g/mol. The molecular weight excluding hydrogens is 232 g/mol. The first-order valence-corrected chi connectivity index (χ1v) is 6.47. The van der Waals surface area contributed by atoms with Crippen LogP contribution in [0.3, 0.4) is 0 Å². The highest BCUT2D eigenvalue weighted by Crippen LogP contribution is 2.40. The van der Waals surface area contributed by atoms with Gasteiger partial charge in [0.1, 0.15) is 0 Å². The molecule has 18 heavy (non-hydrogen) atoms. The van der Waals surface area contributed by atoms with Crippen LogP contribution in [0.15, 0.2) is 0 Å². The highest BCUT2D eigenvalue weighted by atomic mass is 16.5. The van der Waals surface area contributed by atoms with Crippen LogP contribution in [0.2, 0.25) is 0 Å². The van der Waals surface area contributed by atoms with Crippen molar-refractivity contribution >= 4 is 11.8 Å². The Bertz CT molecular complexity index is 356. The SMILES string of the molecule is CC1(C)CC(N2C(=O)CCC2=O)CC(C)(C)N1[O]. The van der Waals surface area contributed by atoms with E-state index in [2.05, 4.69) is 0 Å². The van der Waals surface area contributed by atoms with Gasteiger partial charge in [-0.05, 0) is 40.5 Å². The lowest BCUT2D eigenvalue weighted by Gasteiger charge is -2.51. The van der Waals surface area contributed by atoms with Gasteiger partial charge in [0.2, 0.25) is 11.8 Å². The van der Waals surface area contributed by atoms with Crippen LogP contribution in [0.25, 0.3) is 0 Å². The molecule has 5 nitrogen and oxygen atoms in total. The molecule has 0 aromatic carbocycles. The van der Waals surface area contributed by atoms with Crippen LogP contribution in [0.1, 0.15) is 53.4 Å². The summed E-state index contributed by atoms with van der Waals surface area (Å²) in [5.41, 5.74) is -1.09. The summed E-state index contributed by atoms with van der Waals surface area (Å²) in [6.07, 6.45) is 1.74. The van der Waals surface area contributed by atoms with Gasteiger partial charge in [0.15, 0.2) is 0 Å². The molecule has 2 aliphatic heterocycles. The summed E-state index contributed by atoms with van der Waals surface area (Å²) in [6, 6.07) is -0.136. The first-order valence-electron chi connectivity index (χ1n) is 6.47. The van der Waals surface area contributed by atoms with Crippen molar-refractivity contribution in [3.63, 3.8) is 0 Å². The van der Waals surface area contributed by atoms with Gasteiger partial charge >= 0.3 is 0 Å². The van der Waals surface area contributed by atoms with E-state index < -0.39 is 11.1 Å². The molecule has 0 aromatic rings. The molecule has 0 aromatic heterocycles. The first-order chi connectivity index (χ1) is 8.15. The molecule has 0 saturated carbocycles. The zero-order chi connectivity index (χ0) is 13.7. The number of piperidine rings is 1. The van der Waals surface area contributed by atoms with Gasteiger partial charge < -0.3 is 0 Å². The van der Waals surface area contributed by atoms with Crippen LogP contribution in [-0.4, -0.2) is 38.9 Å². The van der Waals surface area contributed by atoms with Gasteiger partial charge in [0.05, 0.1) is 0 Å². The molecule has 0 bridgehead atoms. The number of carbonyl (C=O) groups is 2. The van der Waals surface area contributed by atoms with Gasteiger partial charge in [-0.25, -0.2) is 0 Å². The van der Waals surface area contributed by atoms with Crippen LogP contribution in [0, 0.1) is 0 Å². The molecule has 0 aliphatic carbocycles. The molecular formula is C13H21N2O3. The van der Waals surface area contributed by atoms with Gasteiger partial charge in [-0.15, -0.1) is 10.3 Å². The molecule has 1 radical (unpaired) electrons. The maximum Gasteiger partial charge on any atom is 0.229 e. The van der Waals surface area contributed by atoms with Gasteiger partial charge in [0, 0.05) is 30.0 Å². The molecule has 0 N–H and O–H groups in total. The third-order valence-electron chi connectivity index (χ3n) is 4.03. The number of hydrogen-bond donors (Lipinski definition) is 0. The lowest BCUT2D eigenvalue weighted by molar-refractivity contribution is -0.293. The fourth-order valence-corrected chi connectivity index (χ4v) is 3.39. The number of rotatable bonds is 1. The van der Waals surface area contributed by atoms with Gasteiger partial charge in [-0.1, -0.05) is 0 Å². The number of hydroxylamine groups is 2. The Labute approximate surface area is 108 Å². The third-order valence-corrected chi connectivity index (χ3v) is 4.03. The Morgan fingerprint density at radius 1 is 0.944 bits per heavy atom. The second kappa shape index (κ2) is 4.03. The maximum atomic E-state index is 12.2. The zero-order valence-corrected chi connectivity index (χ0v) is 11.5. The predicted molar refractivity (Wildman–Crippen MR) is 64.8 cm³/mol. The highest BCUT2D eigenvalue weighted by Gasteiger charge is 2.50. The summed E-state index contributed by atoms with van der Waals surface area (Å²) in [5.74, 6) is -0.174. The minimum absolute atomic E-state index is 0.0871. The summed E-state index contributed by atoms with van der Waals surface area (Å²) in [4.78, 5) is 25.0. The number of likely N-dealkylation sites (tertiary alicyclic amines) is 1. The van der Waals surface area contributed by atoms with Crippen LogP contribution < -0.4 is 0 Å². The monoisotopic (exact) mass is 253 g/mol. The van der Waals surface area contributed by atoms with Crippen molar-refractivity contribution in [2.75, 3.05) is 0 Å². The number of hydrogen-bond acceptors (Lipinski definition) is 3. The van der Waals surface area contributed by atoms with Crippen molar-refractivity contribution in [1.82, 2.24) is 9.96 Å². The number of amides is 2. The van der Waals surface area contributed by atoms with Gasteiger partial charge in [-0.3, -0.25) is 14.5 Å². The van der Waals surface area contributed by atoms with Gasteiger partial charge in [-0.2, -0.15) is 0 Å². The molecule has 2 heterocycles. The second-order valence-electron chi connectivity index (χ2n) is 6.64. The molecule has 5 heteroatoms. The molecule has 2 rings (SSSR count). The van der Waals surface area contributed by atoms with E-state index in [1.54, 1.807) is 0 Å². The second-order valence-corrected chi connectivity index (χ2v) is 6.64. The van der Waals surface area contributed by atoms with Crippen LogP contribution in [0.4, 0.5) is 0 Å². The van der Waals surface area contributed by atoms with Crippen LogP contribution >= 0.6 is 0 Å². The molecule has 2 amide bonds. The van der Waals surface area contributed by atoms with Crippen molar-refractivity contribution in [1.29, 1.82) is 0 Å². The molecule has 2 aliphatic rings. The van der Waals surface area contributed by atoms with E-state index in [0.717, 1.165) is 5.06 Å². The Morgan fingerprint density at radius 3 is 1.72 bits per heavy atom. The molecule has 0 spiro atoms. The average Bonchev–Trinajstić information content (AvgIpc) is 2.54. The van der Waals surface area contributed by atoms with E-state index in [0.29, 0.717) is 25.7 Å². The lowest BCUT2D eigenvalue weighted by Crippen LogP contribution is -2.62. The number of nitrogens with zero attached hydrogens (tertiary/aromatic N) is 2. The van der Waals surface area contributed by atoms with E-state index in [1.165, 1.54) is 4.90 Å².